The van der Waals surface area contributed by atoms with E-state index in [0.29, 0.717) is 17.4 Å². The predicted octanol–water partition coefficient (Wildman–Crippen LogP) is 2.08. The highest BCUT2D eigenvalue weighted by Crippen LogP contribution is 2.24. The van der Waals surface area contributed by atoms with Gasteiger partial charge < -0.3 is 10.2 Å². The summed E-state index contributed by atoms with van der Waals surface area (Å²) in [5.74, 6) is -0.157. The number of carbonyl (C=O) groups is 1. The maximum Gasteiger partial charge on any atom is 0.275 e. The van der Waals surface area contributed by atoms with Gasteiger partial charge in [0.2, 0.25) is 0 Å². The lowest BCUT2D eigenvalue weighted by Crippen LogP contribution is -2.46. The minimum absolute atomic E-state index is 0.0399. The second kappa shape index (κ2) is 6.96. The summed E-state index contributed by atoms with van der Waals surface area (Å²) in [4.78, 5) is 25.5. The molecule has 0 saturated carbocycles. The number of carbonyl (C=O) groups excluding carboxylic acids is 1. The number of aromatic amines is 1. The molecule has 0 bridgehead atoms. The molecule has 1 amide bonds. The fraction of sp³-hybridized carbons (Fsp3) is 0.500. The monoisotopic (exact) mass is 331 g/mol. The first-order chi connectivity index (χ1) is 11.6. The Kier molecular flexibility index (Phi) is 4.75. The number of non-ortho nitro benzene ring substituents is 1. The number of nitro benzene ring substituents is 1. The molecule has 2 aromatic rings. The van der Waals surface area contributed by atoms with Crippen molar-refractivity contribution in [1.29, 1.82) is 0 Å². The summed E-state index contributed by atoms with van der Waals surface area (Å²) in [6, 6.07) is 4.60. The average molecular weight is 331 g/mol. The molecule has 3 rings (SSSR count). The van der Waals surface area contributed by atoms with Crippen LogP contribution in [0.1, 0.15) is 36.7 Å². The van der Waals surface area contributed by atoms with E-state index in [1.807, 2.05) is 11.8 Å². The summed E-state index contributed by atoms with van der Waals surface area (Å²) in [6.07, 6.45) is 2.68. The zero-order chi connectivity index (χ0) is 17.1. The molecule has 0 aliphatic carbocycles. The molecule has 1 aromatic carbocycles. The second-order valence-corrected chi connectivity index (χ2v) is 6.04. The second-order valence-electron chi connectivity index (χ2n) is 6.04. The molecule has 1 fully saturated rings. The standard InChI is InChI=1S/C16H21N5O3/c1-2-9-20(11-5-7-17-8-6-11)16(22)15-13-10-12(21(23)24)3-4-14(13)18-19-15/h3-4,10-11,17H,2,5-9H2,1H3,(H,18,19). The lowest BCUT2D eigenvalue weighted by Gasteiger charge is -2.34. The summed E-state index contributed by atoms with van der Waals surface area (Å²) in [7, 11) is 0. The van der Waals surface area contributed by atoms with Crippen LogP contribution in [0.5, 0.6) is 0 Å². The molecule has 128 valence electrons. The van der Waals surface area contributed by atoms with Gasteiger partial charge in [0.15, 0.2) is 5.69 Å². The van der Waals surface area contributed by atoms with E-state index in [0.717, 1.165) is 32.4 Å². The predicted molar refractivity (Wildman–Crippen MR) is 90.0 cm³/mol. The average Bonchev–Trinajstić information content (AvgIpc) is 3.03. The maximum atomic E-state index is 13.0. The van der Waals surface area contributed by atoms with Gasteiger partial charge in [-0.05, 0) is 38.4 Å². The first kappa shape index (κ1) is 16.4. The Bertz CT molecular complexity index is 751. The third-order valence-corrected chi connectivity index (χ3v) is 4.43. The van der Waals surface area contributed by atoms with Gasteiger partial charge >= 0.3 is 0 Å². The fourth-order valence-electron chi connectivity index (χ4n) is 3.22. The van der Waals surface area contributed by atoms with Crippen molar-refractivity contribution in [2.75, 3.05) is 19.6 Å². The van der Waals surface area contributed by atoms with Crippen LogP contribution in [0.15, 0.2) is 18.2 Å². The topological polar surface area (TPSA) is 104 Å². The van der Waals surface area contributed by atoms with Crippen LogP contribution in [0.3, 0.4) is 0 Å². The van der Waals surface area contributed by atoms with Crippen molar-refractivity contribution in [3.8, 4) is 0 Å². The number of fused-ring (bicyclic) bond motifs is 1. The molecular formula is C16H21N5O3. The van der Waals surface area contributed by atoms with Crippen molar-refractivity contribution in [3.63, 3.8) is 0 Å². The third kappa shape index (κ3) is 3.09. The minimum atomic E-state index is -0.461. The number of hydrogen-bond acceptors (Lipinski definition) is 5. The van der Waals surface area contributed by atoms with E-state index in [4.69, 9.17) is 0 Å². The number of nitrogens with one attached hydrogen (secondary N) is 2. The van der Waals surface area contributed by atoms with Gasteiger partial charge in [-0.3, -0.25) is 20.0 Å². The Morgan fingerprint density at radius 2 is 2.17 bits per heavy atom. The van der Waals surface area contributed by atoms with Gasteiger partial charge in [0.25, 0.3) is 11.6 Å². The van der Waals surface area contributed by atoms with E-state index in [2.05, 4.69) is 15.5 Å². The highest BCUT2D eigenvalue weighted by atomic mass is 16.6. The zero-order valence-corrected chi connectivity index (χ0v) is 13.6. The SMILES string of the molecule is CCCN(C(=O)c1n[nH]c2ccc([N+](=O)[O-])cc12)C1CCNCC1. The van der Waals surface area contributed by atoms with E-state index in [9.17, 15) is 14.9 Å². The van der Waals surface area contributed by atoms with E-state index in [1.165, 1.54) is 12.1 Å². The Balaban J connectivity index is 1.95. The Morgan fingerprint density at radius 3 is 2.83 bits per heavy atom. The van der Waals surface area contributed by atoms with Crippen molar-refractivity contribution in [1.82, 2.24) is 20.4 Å². The number of nitro groups is 1. The summed E-state index contributed by atoms with van der Waals surface area (Å²) in [6.45, 7) is 4.48. The largest absolute Gasteiger partial charge is 0.334 e. The molecule has 8 nitrogen and oxygen atoms in total. The normalized spacial score (nSPS) is 15.5. The lowest BCUT2D eigenvalue weighted by molar-refractivity contribution is -0.384. The van der Waals surface area contributed by atoms with Crippen molar-refractivity contribution in [3.05, 3.63) is 34.0 Å². The molecule has 2 heterocycles. The molecule has 1 saturated heterocycles. The number of aromatic nitrogens is 2. The summed E-state index contributed by atoms with van der Waals surface area (Å²) in [5.41, 5.74) is 0.855. The van der Waals surface area contributed by atoms with Gasteiger partial charge in [0.1, 0.15) is 0 Å². The van der Waals surface area contributed by atoms with E-state index in [1.54, 1.807) is 6.07 Å². The van der Waals surface area contributed by atoms with Gasteiger partial charge in [-0.1, -0.05) is 6.92 Å². The molecule has 0 atom stereocenters. The molecule has 2 N–H and O–H groups in total. The van der Waals surface area contributed by atoms with Crippen LogP contribution in [-0.4, -0.2) is 51.6 Å². The highest BCUT2D eigenvalue weighted by Gasteiger charge is 2.28. The molecule has 1 aliphatic rings. The molecule has 24 heavy (non-hydrogen) atoms. The number of amides is 1. The molecule has 1 aromatic heterocycles. The number of H-pyrrole nitrogens is 1. The van der Waals surface area contributed by atoms with Crippen molar-refractivity contribution < 1.29 is 9.72 Å². The quantitative estimate of drug-likeness (QED) is 0.645. The first-order valence-corrected chi connectivity index (χ1v) is 8.26. The van der Waals surface area contributed by atoms with Gasteiger partial charge in [-0.25, -0.2) is 0 Å². The van der Waals surface area contributed by atoms with Crippen molar-refractivity contribution in [2.45, 2.75) is 32.2 Å². The first-order valence-electron chi connectivity index (χ1n) is 8.26. The highest BCUT2D eigenvalue weighted by molar-refractivity contribution is 6.05. The van der Waals surface area contributed by atoms with Gasteiger partial charge in [0.05, 0.1) is 10.4 Å². The smallest absolute Gasteiger partial charge is 0.275 e. The molecule has 1 aliphatic heterocycles. The van der Waals surface area contributed by atoms with E-state index < -0.39 is 4.92 Å². The van der Waals surface area contributed by atoms with Crippen molar-refractivity contribution in [2.24, 2.45) is 0 Å². The van der Waals surface area contributed by atoms with E-state index >= 15 is 0 Å². The Labute approximate surface area is 139 Å². The number of hydrogen-bond donors (Lipinski definition) is 2. The lowest BCUT2D eigenvalue weighted by atomic mass is 10.0. The maximum absolute atomic E-state index is 13.0. The van der Waals surface area contributed by atoms with E-state index in [-0.39, 0.29) is 23.3 Å². The molecule has 0 unspecified atom stereocenters. The van der Waals surface area contributed by atoms with Gasteiger partial charge in [-0.2, -0.15) is 5.10 Å². The number of nitrogens with zero attached hydrogens (tertiary/aromatic N) is 3. The van der Waals surface area contributed by atoms with Crippen LogP contribution in [0.25, 0.3) is 10.9 Å². The van der Waals surface area contributed by atoms with Crippen molar-refractivity contribution >= 4 is 22.5 Å². The molecule has 0 radical (unpaired) electrons. The third-order valence-electron chi connectivity index (χ3n) is 4.43. The fourth-order valence-corrected chi connectivity index (χ4v) is 3.22. The zero-order valence-electron chi connectivity index (χ0n) is 13.6. The van der Waals surface area contributed by atoms with Gasteiger partial charge in [-0.15, -0.1) is 0 Å². The van der Waals surface area contributed by atoms with Crippen LogP contribution in [0.2, 0.25) is 0 Å². The number of benzene rings is 1. The number of rotatable bonds is 5. The summed E-state index contributed by atoms with van der Waals surface area (Å²) >= 11 is 0. The minimum Gasteiger partial charge on any atom is -0.334 e. The van der Waals surface area contributed by atoms with Gasteiger partial charge in [0, 0.05) is 30.1 Å². The molecule has 0 spiro atoms. The van der Waals surface area contributed by atoms with Crippen LogP contribution in [-0.2, 0) is 0 Å². The molecular weight excluding hydrogens is 310 g/mol. The van der Waals surface area contributed by atoms with Crippen LogP contribution < -0.4 is 5.32 Å². The summed E-state index contributed by atoms with van der Waals surface area (Å²) < 4.78 is 0. The van der Waals surface area contributed by atoms with Crippen LogP contribution in [0, 0.1) is 10.1 Å². The van der Waals surface area contributed by atoms with Crippen LogP contribution >= 0.6 is 0 Å². The number of piperidine rings is 1. The summed E-state index contributed by atoms with van der Waals surface area (Å²) in [5, 5.41) is 21.8. The molecule has 8 heteroatoms. The Morgan fingerprint density at radius 1 is 1.42 bits per heavy atom. The van der Waals surface area contributed by atoms with Crippen LogP contribution in [0.4, 0.5) is 5.69 Å². The Hall–Kier alpha value is -2.48.